The zero-order chi connectivity index (χ0) is 27.2. The molecule has 0 aliphatic heterocycles. The highest BCUT2D eigenvalue weighted by atomic mass is 19.2. The number of benzene rings is 2. The number of rotatable bonds is 8. The molecule has 1 amide bonds. The molecule has 3 aromatic rings. The van der Waals surface area contributed by atoms with Gasteiger partial charge in [-0.05, 0) is 68.0 Å². The number of nitrogens with one attached hydrogen (secondary N) is 1. The Morgan fingerprint density at radius 2 is 1.65 bits per heavy atom. The summed E-state index contributed by atoms with van der Waals surface area (Å²) < 4.78 is 34.6. The molecule has 200 valence electrons. The van der Waals surface area contributed by atoms with Crippen molar-refractivity contribution in [3.63, 3.8) is 0 Å². The van der Waals surface area contributed by atoms with Crippen LogP contribution in [0.1, 0.15) is 86.3 Å². The summed E-state index contributed by atoms with van der Waals surface area (Å²) in [6, 6.07) is 15.5. The minimum Gasteiger partial charge on any atom is -0.498 e. The molecule has 2 aromatic carbocycles. The molecule has 1 aliphatic carbocycles. The third-order valence-electron chi connectivity index (χ3n) is 6.08. The van der Waals surface area contributed by atoms with E-state index >= 15 is 0 Å². The largest absolute Gasteiger partial charge is 0.498 e. The van der Waals surface area contributed by atoms with Crippen molar-refractivity contribution in [1.82, 2.24) is 9.88 Å². The molecule has 0 saturated heterocycles. The number of ether oxygens (including phenoxy) is 1. The number of carbonyl (C=O) groups is 1. The van der Waals surface area contributed by atoms with Crippen molar-refractivity contribution in [3.05, 3.63) is 101 Å². The predicted molar refractivity (Wildman–Crippen MR) is 147 cm³/mol. The lowest BCUT2D eigenvalue weighted by Crippen LogP contribution is -2.23. The van der Waals surface area contributed by atoms with Crippen molar-refractivity contribution in [2.45, 2.75) is 79.5 Å². The topological polar surface area (TPSA) is 43.3 Å². The Balaban J connectivity index is 0.00000115. The van der Waals surface area contributed by atoms with Gasteiger partial charge < -0.3 is 14.6 Å². The third kappa shape index (κ3) is 8.59. The first-order valence-electron chi connectivity index (χ1n) is 13.3. The highest BCUT2D eigenvalue weighted by Crippen LogP contribution is 2.23. The van der Waals surface area contributed by atoms with E-state index in [9.17, 15) is 13.6 Å². The summed E-state index contributed by atoms with van der Waals surface area (Å²) in [4.78, 5) is 12.9. The lowest BCUT2D eigenvalue weighted by Gasteiger charge is -2.11. The molecule has 0 bridgehead atoms. The van der Waals surface area contributed by atoms with Crippen molar-refractivity contribution in [1.29, 1.82) is 0 Å². The van der Waals surface area contributed by atoms with E-state index in [1.54, 1.807) is 6.26 Å². The van der Waals surface area contributed by atoms with Gasteiger partial charge in [-0.25, -0.2) is 8.78 Å². The van der Waals surface area contributed by atoms with Gasteiger partial charge in [-0.3, -0.25) is 4.79 Å². The van der Waals surface area contributed by atoms with Gasteiger partial charge in [-0.15, -0.1) is 0 Å². The third-order valence-corrected chi connectivity index (χ3v) is 6.08. The number of aromatic nitrogens is 1. The van der Waals surface area contributed by atoms with Crippen molar-refractivity contribution in [2.75, 3.05) is 0 Å². The second kappa shape index (κ2) is 15.6. The van der Waals surface area contributed by atoms with Crippen LogP contribution >= 0.6 is 0 Å². The van der Waals surface area contributed by atoms with Gasteiger partial charge in [0, 0.05) is 24.5 Å². The Bertz CT molecular complexity index is 1130. The molecule has 37 heavy (non-hydrogen) atoms. The maximum atomic E-state index is 13.5. The smallest absolute Gasteiger partial charge is 0.253 e. The number of hydrogen-bond donors (Lipinski definition) is 1. The van der Waals surface area contributed by atoms with E-state index in [0.717, 1.165) is 41.9 Å². The van der Waals surface area contributed by atoms with E-state index in [1.807, 2.05) is 77.1 Å². The molecular weight excluding hydrogens is 470 g/mol. The van der Waals surface area contributed by atoms with Crippen LogP contribution in [0.4, 0.5) is 8.78 Å². The van der Waals surface area contributed by atoms with Crippen LogP contribution in [0.2, 0.25) is 0 Å². The molecule has 0 unspecified atom stereocenters. The van der Waals surface area contributed by atoms with Gasteiger partial charge in [0.15, 0.2) is 11.6 Å². The first kappa shape index (κ1) is 29.8. The maximum absolute atomic E-state index is 13.5. The molecule has 1 saturated carbocycles. The number of hydrogen-bond acceptors (Lipinski definition) is 2. The molecule has 1 heterocycles. The van der Waals surface area contributed by atoms with E-state index in [1.165, 1.54) is 18.9 Å². The Morgan fingerprint density at radius 1 is 0.973 bits per heavy atom. The number of amides is 1. The van der Waals surface area contributed by atoms with Gasteiger partial charge in [0.25, 0.3) is 5.91 Å². The average Bonchev–Trinajstić information content (AvgIpc) is 3.56. The van der Waals surface area contributed by atoms with E-state index in [-0.39, 0.29) is 18.6 Å². The fourth-order valence-electron chi connectivity index (χ4n) is 4.18. The molecule has 0 radical (unpaired) electrons. The van der Waals surface area contributed by atoms with E-state index in [2.05, 4.69) is 9.88 Å². The van der Waals surface area contributed by atoms with E-state index < -0.39 is 11.6 Å². The Hall–Kier alpha value is -3.41. The minimum atomic E-state index is -0.929. The fourth-order valence-corrected chi connectivity index (χ4v) is 4.18. The Kier molecular flexibility index (Phi) is 12.6. The Morgan fingerprint density at radius 3 is 2.30 bits per heavy atom. The number of halogens is 2. The lowest BCUT2D eigenvalue weighted by molar-refractivity contribution is 0.0950. The maximum Gasteiger partial charge on any atom is 0.253 e. The molecule has 1 fully saturated rings. The highest BCUT2D eigenvalue weighted by molar-refractivity contribution is 5.96. The number of carbonyl (C=O) groups excluding carboxylic acids is 1. The summed E-state index contributed by atoms with van der Waals surface area (Å²) in [5.41, 5.74) is 3.84. The fraction of sp³-hybridized carbons (Fsp3) is 0.387. The van der Waals surface area contributed by atoms with Crippen LogP contribution < -0.4 is 5.32 Å². The van der Waals surface area contributed by atoms with Crippen LogP contribution in [-0.4, -0.2) is 16.6 Å². The van der Waals surface area contributed by atoms with Crippen molar-refractivity contribution in [3.8, 4) is 0 Å². The summed E-state index contributed by atoms with van der Waals surface area (Å²) in [5.74, 6) is -2.10. The quantitative estimate of drug-likeness (QED) is 0.312. The first-order valence-corrected chi connectivity index (χ1v) is 13.3. The second-order valence-electron chi connectivity index (χ2n) is 8.42. The molecule has 4 nitrogen and oxygen atoms in total. The zero-order valence-corrected chi connectivity index (χ0v) is 22.7. The molecule has 0 atom stereocenters. The standard InChI is InChI=1S/C27H28F2N2O2.2C2H6/c1-19-24(27(32)30-17-21-11-12-25(28)26(29)15-21)16-22(13-14-33-23-9-5-6-10-23)31(19)18-20-7-3-2-4-8-20;2*1-2/h2-4,7-8,11-16,23H,5-6,9-10,17-18H2,1H3,(H,30,32);2*1-2H3/b14-13+;;. The van der Waals surface area contributed by atoms with Crippen LogP contribution in [0.3, 0.4) is 0 Å². The van der Waals surface area contributed by atoms with Gasteiger partial charge in [0.1, 0.15) is 0 Å². The second-order valence-corrected chi connectivity index (χ2v) is 8.42. The Labute approximate surface area is 220 Å². The normalized spacial score (nSPS) is 12.9. The lowest BCUT2D eigenvalue weighted by atomic mass is 10.2. The van der Waals surface area contributed by atoms with Gasteiger partial charge >= 0.3 is 0 Å². The summed E-state index contributed by atoms with van der Waals surface area (Å²) in [5, 5.41) is 2.81. The average molecular weight is 511 g/mol. The molecule has 0 spiro atoms. The van der Waals surface area contributed by atoms with Crippen molar-refractivity contribution < 1.29 is 18.3 Å². The van der Waals surface area contributed by atoms with Crippen LogP contribution in [-0.2, 0) is 17.8 Å². The van der Waals surface area contributed by atoms with E-state index in [4.69, 9.17) is 4.74 Å². The van der Waals surface area contributed by atoms with E-state index in [0.29, 0.717) is 17.7 Å². The van der Waals surface area contributed by atoms with Crippen LogP contribution in [0.25, 0.3) is 6.08 Å². The monoisotopic (exact) mass is 510 g/mol. The summed E-state index contributed by atoms with van der Waals surface area (Å²) in [6.07, 6.45) is 8.45. The molecule has 1 aromatic heterocycles. The SMILES string of the molecule is CC.CC.Cc1c(C(=O)NCc2ccc(F)c(F)c2)cc(/C=C/OC2CCCC2)n1Cc1ccccc1. The van der Waals surface area contributed by atoms with Gasteiger partial charge in [-0.2, -0.15) is 0 Å². The predicted octanol–water partition coefficient (Wildman–Crippen LogP) is 8.04. The zero-order valence-electron chi connectivity index (χ0n) is 22.7. The first-order chi connectivity index (χ1) is 18.0. The van der Waals surface area contributed by atoms with Crippen molar-refractivity contribution in [2.24, 2.45) is 0 Å². The summed E-state index contributed by atoms with van der Waals surface area (Å²) in [7, 11) is 0. The van der Waals surface area contributed by atoms with Crippen LogP contribution in [0, 0.1) is 18.6 Å². The van der Waals surface area contributed by atoms with Crippen LogP contribution in [0.15, 0.2) is 60.9 Å². The van der Waals surface area contributed by atoms with Gasteiger partial charge in [0.05, 0.1) is 17.9 Å². The minimum absolute atomic E-state index is 0.106. The molecule has 1 N–H and O–H groups in total. The van der Waals surface area contributed by atoms with Gasteiger partial charge in [0.2, 0.25) is 0 Å². The summed E-state index contributed by atoms with van der Waals surface area (Å²) in [6.45, 7) is 10.6. The van der Waals surface area contributed by atoms with Crippen LogP contribution in [0.5, 0.6) is 0 Å². The summed E-state index contributed by atoms with van der Waals surface area (Å²) >= 11 is 0. The van der Waals surface area contributed by atoms with Gasteiger partial charge in [-0.1, -0.05) is 64.1 Å². The molecule has 6 heteroatoms. The number of nitrogens with zero attached hydrogens (tertiary/aromatic N) is 1. The highest BCUT2D eigenvalue weighted by Gasteiger charge is 2.18. The van der Waals surface area contributed by atoms with Crippen molar-refractivity contribution >= 4 is 12.0 Å². The molecule has 4 rings (SSSR count). The molecular formula is C31H40F2N2O2. The molecule has 1 aliphatic rings.